The average Bonchev–Trinajstić information content (AvgIpc) is 3.03. The first-order chi connectivity index (χ1) is 8.97. The molecule has 104 valence electrons. The predicted octanol–water partition coefficient (Wildman–Crippen LogP) is 4.85. The second-order valence-electron chi connectivity index (χ2n) is 6.73. The van der Waals surface area contributed by atoms with E-state index in [4.69, 9.17) is 4.74 Å². The van der Waals surface area contributed by atoms with Gasteiger partial charge in [-0.1, -0.05) is 32.9 Å². The zero-order valence-electron chi connectivity index (χ0n) is 11.9. The number of fused-ring (bicyclic) bond motifs is 1. The SMILES string of the molecule is CC(C)(C)C1=CCc2c1ccc(F)c2OCC1CC1.[HH]. The van der Waals surface area contributed by atoms with E-state index in [1.165, 1.54) is 24.0 Å². The van der Waals surface area contributed by atoms with Crippen LogP contribution in [0.3, 0.4) is 0 Å². The quantitative estimate of drug-likeness (QED) is 0.757. The highest BCUT2D eigenvalue weighted by atomic mass is 19.1. The maximum Gasteiger partial charge on any atom is 0.165 e. The molecule has 0 heterocycles. The standard InChI is InChI=1S/C17H21FO.H2/c1-17(2,3)14-8-6-13-12(14)7-9-15(18)16(13)19-10-11-4-5-11;/h7-9,11H,4-6,10H2,1-3H3;1H. The Balaban J connectivity index is 0.00000147. The minimum absolute atomic E-state index is 0. The second-order valence-corrected chi connectivity index (χ2v) is 6.73. The summed E-state index contributed by atoms with van der Waals surface area (Å²) >= 11 is 0. The molecule has 2 aliphatic rings. The smallest absolute Gasteiger partial charge is 0.165 e. The Hall–Kier alpha value is -1.31. The van der Waals surface area contributed by atoms with Crippen LogP contribution in [-0.2, 0) is 6.42 Å². The van der Waals surface area contributed by atoms with E-state index in [1.807, 2.05) is 6.07 Å². The van der Waals surface area contributed by atoms with Gasteiger partial charge in [-0.25, -0.2) is 4.39 Å². The van der Waals surface area contributed by atoms with Crippen molar-refractivity contribution in [2.24, 2.45) is 11.3 Å². The second kappa shape index (κ2) is 4.36. The Morgan fingerprint density at radius 3 is 2.68 bits per heavy atom. The Labute approximate surface area is 116 Å². The lowest BCUT2D eigenvalue weighted by Crippen LogP contribution is -2.08. The van der Waals surface area contributed by atoms with Crippen LogP contribution in [0.15, 0.2) is 18.2 Å². The van der Waals surface area contributed by atoms with E-state index in [0.717, 1.165) is 12.0 Å². The van der Waals surface area contributed by atoms with Gasteiger partial charge in [0.1, 0.15) is 0 Å². The summed E-state index contributed by atoms with van der Waals surface area (Å²) in [4.78, 5) is 0. The first-order valence-corrected chi connectivity index (χ1v) is 7.12. The molecule has 0 radical (unpaired) electrons. The molecule has 2 heteroatoms. The normalized spacial score (nSPS) is 18.2. The Bertz CT molecular complexity index is 539. The van der Waals surface area contributed by atoms with Crippen LogP contribution in [0.25, 0.3) is 5.57 Å². The predicted molar refractivity (Wildman–Crippen MR) is 77.9 cm³/mol. The fraction of sp³-hybridized carbons (Fsp3) is 0.529. The molecule has 0 amide bonds. The fourth-order valence-electron chi connectivity index (χ4n) is 2.72. The van der Waals surface area contributed by atoms with Gasteiger partial charge >= 0.3 is 0 Å². The van der Waals surface area contributed by atoms with Crippen molar-refractivity contribution in [1.82, 2.24) is 0 Å². The summed E-state index contributed by atoms with van der Waals surface area (Å²) in [6.45, 7) is 7.25. The van der Waals surface area contributed by atoms with Gasteiger partial charge in [-0.15, -0.1) is 0 Å². The lowest BCUT2D eigenvalue weighted by molar-refractivity contribution is 0.283. The third-order valence-corrected chi connectivity index (χ3v) is 3.98. The number of allylic oxidation sites excluding steroid dienone is 2. The minimum Gasteiger partial charge on any atom is -0.490 e. The number of ether oxygens (including phenoxy) is 1. The summed E-state index contributed by atoms with van der Waals surface area (Å²) in [5.41, 5.74) is 3.60. The Morgan fingerprint density at radius 2 is 2.05 bits per heavy atom. The van der Waals surface area contributed by atoms with E-state index in [1.54, 1.807) is 6.07 Å². The topological polar surface area (TPSA) is 9.23 Å². The van der Waals surface area contributed by atoms with Crippen LogP contribution in [0.5, 0.6) is 5.75 Å². The summed E-state index contributed by atoms with van der Waals surface area (Å²) in [5, 5.41) is 0. The third-order valence-electron chi connectivity index (χ3n) is 3.98. The highest BCUT2D eigenvalue weighted by molar-refractivity contribution is 5.78. The van der Waals surface area contributed by atoms with Crippen molar-refractivity contribution in [1.29, 1.82) is 0 Å². The summed E-state index contributed by atoms with van der Waals surface area (Å²) in [6, 6.07) is 3.45. The molecule has 3 rings (SSSR count). The van der Waals surface area contributed by atoms with Crippen molar-refractivity contribution >= 4 is 5.57 Å². The maximum absolute atomic E-state index is 14.0. The van der Waals surface area contributed by atoms with Crippen molar-refractivity contribution in [2.75, 3.05) is 6.61 Å². The van der Waals surface area contributed by atoms with E-state index >= 15 is 0 Å². The van der Waals surface area contributed by atoms with Crippen molar-refractivity contribution < 1.29 is 10.6 Å². The zero-order valence-corrected chi connectivity index (χ0v) is 11.9. The molecule has 0 N–H and O–H groups in total. The minimum atomic E-state index is -0.219. The molecule has 0 aliphatic heterocycles. The molecule has 1 aromatic rings. The highest BCUT2D eigenvalue weighted by Gasteiger charge is 2.29. The van der Waals surface area contributed by atoms with Gasteiger partial charge in [0.05, 0.1) is 6.61 Å². The van der Waals surface area contributed by atoms with Gasteiger partial charge in [0.2, 0.25) is 0 Å². The molecule has 0 saturated heterocycles. The highest BCUT2D eigenvalue weighted by Crippen LogP contribution is 2.44. The molecule has 19 heavy (non-hydrogen) atoms. The van der Waals surface area contributed by atoms with Crippen LogP contribution in [0.2, 0.25) is 0 Å². The molecule has 0 spiro atoms. The van der Waals surface area contributed by atoms with Crippen molar-refractivity contribution in [2.45, 2.75) is 40.0 Å². The maximum atomic E-state index is 14.0. The van der Waals surface area contributed by atoms with Gasteiger partial charge in [-0.05, 0) is 47.8 Å². The van der Waals surface area contributed by atoms with Crippen LogP contribution < -0.4 is 4.74 Å². The van der Waals surface area contributed by atoms with Gasteiger partial charge in [-0.3, -0.25) is 0 Å². The molecule has 1 nitrogen and oxygen atoms in total. The summed E-state index contributed by atoms with van der Waals surface area (Å²) in [7, 11) is 0. The number of rotatable bonds is 3. The van der Waals surface area contributed by atoms with Gasteiger partial charge in [-0.2, -0.15) is 0 Å². The van der Waals surface area contributed by atoms with E-state index in [2.05, 4.69) is 26.8 Å². The first kappa shape index (κ1) is 12.7. The monoisotopic (exact) mass is 262 g/mol. The van der Waals surface area contributed by atoms with E-state index < -0.39 is 0 Å². The van der Waals surface area contributed by atoms with E-state index in [-0.39, 0.29) is 12.7 Å². The third kappa shape index (κ3) is 2.41. The molecule has 0 aromatic heterocycles. The van der Waals surface area contributed by atoms with Crippen LogP contribution in [0, 0.1) is 17.2 Å². The molecule has 0 bridgehead atoms. The van der Waals surface area contributed by atoms with Gasteiger partial charge < -0.3 is 4.74 Å². The van der Waals surface area contributed by atoms with E-state index in [0.29, 0.717) is 18.3 Å². The van der Waals surface area contributed by atoms with E-state index in [9.17, 15) is 4.39 Å². The summed E-state index contributed by atoms with van der Waals surface area (Å²) < 4.78 is 19.7. The van der Waals surface area contributed by atoms with Gasteiger partial charge in [0.15, 0.2) is 11.6 Å². The lowest BCUT2D eigenvalue weighted by atomic mass is 9.83. The zero-order chi connectivity index (χ0) is 13.6. The van der Waals surface area contributed by atoms with Crippen LogP contribution in [-0.4, -0.2) is 6.61 Å². The molecule has 0 unspecified atom stereocenters. The van der Waals surface area contributed by atoms with Crippen molar-refractivity contribution in [3.8, 4) is 5.75 Å². The molecular weight excluding hydrogens is 239 g/mol. The fourth-order valence-corrected chi connectivity index (χ4v) is 2.72. The first-order valence-electron chi connectivity index (χ1n) is 7.12. The number of hydrogen-bond acceptors (Lipinski definition) is 1. The molecule has 1 aromatic carbocycles. The average molecular weight is 262 g/mol. The van der Waals surface area contributed by atoms with Gasteiger partial charge in [0, 0.05) is 6.99 Å². The van der Waals surface area contributed by atoms with Crippen LogP contribution >= 0.6 is 0 Å². The summed E-state index contributed by atoms with van der Waals surface area (Å²) in [6.07, 6.45) is 5.46. The molecule has 0 atom stereocenters. The summed E-state index contributed by atoms with van der Waals surface area (Å²) in [5.74, 6) is 0.912. The number of benzene rings is 1. The van der Waals surface area contributed by atoms with Crippen LogP contribution in [0.1, 0.15) is 46.2 Å². The van der Waals surface area contributed by atoms with Crippen LogP contribution in [0.4, 0.5) is 4.39 Å². The van der Waals surface area contributed by atoms with Gasteiger partial charge in [0.25, 0.3) is 0 Å². The number of halogens is 1. The van der Waals surface area contributed by atoms with Crippen molar-refractivity contribution in [3.05, 3.63) is 35.2 Å². The van der Waals surface area contributed by atoms with Crippen molar-refractivity contribution in [3.63, 3.8) is 0 Å². The Kier molecular flexibility index (Phi) is 2.92. The molecule has 1 saturated carbocycles. The molecule has 1 fully saturated rings. The molecular formula is C17H23FO. The number of hydrogen-bond donors (Lipinski definition) is 0. The Morgan fingerprint density at radius 1 is 1.32 bits per heavy atom. The molecule has 2 aliphatic carbocycles. The lowest BCUT2D eigenvalue weighted by Gasteiger charge is -2.22. The largest absolute Gasteiger partial charge is 0.490 e.